The standard InChI is InChI=1S/C15H14NO3P/c16-12-14-8-6-13(7-9-14)10-11-19-20(17,18)15-4-2-1-3-5-15/h1-9H,10-11H2,(H,17,18). The molecule has 2 aromatic carbocycles. The fourth-order valence-corrected chi connectivity index (χ4v) is 2.76. The fourth-order valence-electron chi connectivity index (χ4n) is 1.72. The van der Waals surface area contributed by atoms with Gasteiger partial charge in [0.2, 0.25) is 0 Å². The molecule has 4 nitrogen and oxygen atoms in total. The van der Waals surface area contributed by atoms with Crippen LogP contribution in [0.4, 0.5) is 0 Å². The van der Waals surface area contributed by atoms with Crippen molar-refractivity contribution >= 4 is 12.9 Å². The van der Waals surface area contributed by atoms with Crippen LogP contribution in [0, 0.1) is 11.3 Å². The van der Waals surface area contributed by atoms with Gasteiger partial charge in [-0.25, -0.2) is 0 Å². The largest absolute Gasteiger partial charge is 0.358 e. The predicted molar refractivity (Wildman–Crippen MR) is 76.7 cm³/mol. The first-order valence-electron chi connectivity index (χ1n) is 6.14. The van der Waals surface area contributed by atoms with Gasteiger partial charge in [0, 0.05) is 0 Å². The summed E-state index contributed by atoms with van der Waals surface area (Å²) in [6, 6.07) is 17.4. The zero-order valence-corrected chi connectivity index (χ0v) is 11.7. The van der Waals surface area contributed by atoms with E-state index in [1.807, 2.05) is 18.2 Å². The Balaban J connectivity index is 1.92. The second-order valence-corrected chi connectivity index (χ2v) is 6.06. The normalized spacial score (nSPS) is 13.4. The van der Waals surface area contributed by atoms with Crippen molar-refractivity contribution in [3.05, 3.63) is 65.7 Å². The average molecular weight is 287 g/mol. The van der Waals surface area contributed by atoms with Gasteiger partial charge < -0.3 is 9.42 Å². The lowest BCUT2D eigenvalue weighted by molar-refractivity contribution is 0.272. The van der Waals surface area contributed by atoms with Crippen molar-refractivity contribution in [1.82, 2.24) is 0 Å². The van der Waals surface area contributed by atoms with E-state index in [9.17, 15) is 9.46 Å². The van der Waals surface area contributed by atoms with Crippen LogP contribution in [-0.2, 0) is 15.5 Å². The molecule has 0 heterocycles. The van der Waals surface area contributed by atoms with Gasteiger partial charge in [0.15, 0.2) is 0 Å². The third kappa shape index (κ3) is 3.79. The molecule has 0 saturated heterocycles. The second-order valence-electron chi connectivity index (χ2n) is 4.25. The van der Waals surface area contributed by atoms with E-state index in [1.54, 1.807) is 42.5 Å². The maximum absolute atomic E-state index is 12.0. The molecule has 0 aromatic heterocycles. The van der Waals surface area contributed by atoms with Crippen LogP contribution >= 0.6 is 7.60 Å². The van der Waals surface area contributed by atoms with Crippen LogP contribution in [0.3, 0.4) is 0 Å². The lowest BCUT2D eigenvalue weighted by Crippen LogP contribution is -2.08. The maximum Gasteiger partial charge on any atom is 0.358 e. The molecule has 0 spiro atoms. The van der Waals surface area contributed by atoms with Gasteiger partial charge in [-0.15, -0.1) is 0 Å². The zero-order chi connectivity index (χ0) is 14.4. The Morgan fingerprint density at radius 2 is 1.75 bits per heavy atom. The van der Waals surface area contributed by atoms with E-state index in [0.29, 0.717) is 17.3 Å². The van der Waals surface area contributed by atoms with E-state index in [4.69, 9.17) is 9.79 Å². The topological polar surface area (TPSA) is 70.3 Å². The lowest BCUT2D eigenvalue weighted by Gasteiger charge is -2.12. The summed E-state index contributed by atoms with van der Waals surface area (Å²) in [5.74, 6) is 0. The van der Waals surface area contributed by atoms with Crippen molar-refractivity contribution < 1.29 is 14.0 Å². The number of rotatable bonds is 5. The molecular weight excluding hydrogens is 273 g/mol. The van der Waals surface area contributed by atoms with Crippen LogP contribution in [0.15, 0.2) is 54.6 Å². The van der Waals surface area contributed by atoms with Crippen LogP contribution < -0.4 is 5.30 Å². The summed E-state index contributed by atoms with van der Waals surface area (Å²) in [5.41, 5.74) is 1.55. The van der Waals surface area contributed by atoms with Crippen LogP contribution in [0.1, 0.15) is 11.1 Å². The van der Waals surface area contributed by atoms with Crippen molar-refractivity contribution in [3.63, 3.8) is 0 Å². The molecule has 1 atom stereocenters. The molecule has 0 bridgehead atoms. The molecule has 0 saturated carbocycles. The maximum atomic E-state index is 12.0. The van der Waals surface area contributed by atoms with E-state index < -0.39 is 7.60 Å². The Kier molecular flexibility index (Phi) is 4.70. The molecular formula is C15H14NO3P. The second kappa shape index (κ2) is 6.49. The van der Waals surface area contributed by atoms with Crippen LogP contribution in [-0.4, -0.2) is 11.5 Å². The Bertz CT molecular complexity index is 647. The minimum Gasteiger partial charge on any atom is -0.321 e. The minimum absolute atomic E-state index is 0.147. The summed E-state index contributed by atoms with van der Waals surface area (Å²) in [7, 11) is -3.75. The summed E-state index contributed by atoms with van der Waals surface area (Å²) in [6.07, 6.45) is 0.517. The molecule has 0 amide bonds. The summed E-state index contributed by atoms with van der Waals surface area (Å²) < 4.78 is 17.1. The molecule has 0 aliphatic carbocycles. The third-order valence-corrected chi connectivity index (χ3v) is 4.31. The van der Waals surface area contributed by atoms with E-state index >= 15 is 0 Å². The van der Waals surface area contributed by atoms with Gasteiger partial charge in [-0.2, -0.15) is 5.26 Å². The SMILES string of the molecule is N#Cc1ccc(CCOP(=O)(O)c2ccccc2)cc1. The number of nitrogens with zero attached hydrogens (tertiary/aromatic N) is 1. The molecule has 0 aliphatic heterocycles. The van der Waals surface area contributed by atoms with Gasteiger partial charge in [-0.3, -0.25) is 4.57 Å². The highest BCUT2D eigenvalue weighted by Gasteiger charge is 2.21. The van der Waals surface area contributed by atoms with Crippen LogP contribution in [0.25, 0.3) is 0 Å². The van der Waals surface area contributed by atoms with E-state index in [1.165, 1.54) is 0 Å². The quantitative estimate of drug-likeness (QED) is 0.858. The summed E-state index contributed by atoms with van der Waals surface area (Å²) in [6.45, 7) is 0.147. The molecule has 2 aromatic rings. The van der Waals surface area contributed by atoms with Gasteiger partial charge >= 0.3 is 7.60 Å². The van der Waals surface area contributed by atoms with E-state index in [2.05, 4.69) is 0 Å². The number of benzene rings is 2. The number of nitriles is 1. The number of hydrogen-bond acceptors (Lipinski definition) is 3. The van der Waals surface area contributed by atoms with Crippen molar-refractivity contribution in [3.8, 4) is 6.07 Å². The third-order valence-electron chi connectivity index (χ3n) is 2.82. The highest BCUT2D eigenvalue weighted by Crippen LogP contribution is 2.40. The molecule has 1 N–H and O–H groups in total. The van der Waals surface area contributed by atoms with Crippen molar-refractivity contribution in [1.29, 1.82) is 5.26 Å². The minimum atomic E-state index is -3.75. The molecule has 1 unspecified atom stereocenters. The van der Waals surface area contributed by atoms with Crippen LogP contribution in [0.5, 0.6) is 0 Å². The molecule has 0 aliphatic rings. The van der Waals surface area contributed by atoms with Gasteiger partial charge in [-0.05, 0) is 36.2 Å². The molecule has 5 heteroatoms. The van der Waals surface area contributed by atoms with Gasteiger partial charge in [-0.1, -0.05) is 30.3 Å². The monoisotopic (exact) mass is 287 g/mol. The first-order valence-corrected chi connectivity index (χ1v) is 7.71. The highest BCUT2D eigenvalue weighted by molar-refractivity contribution is 7.61. The molecule has 0 fully saturated rings. The average Bonchev–Trinajstić information content (AvgIpc) is 2.49. The Morgan fingerprint density at radius 1 is 1.10 bits per heavy atom. The Morgan fingerprint density at radius 3 is 2.35 bits per heavy atom. The van der Waals surface area contributed by atoms with Crippen molar-refractivity contribution in [2.45, 2.75) is 6.42 Å². The summed E-state index contributed by atoms with van der Waals surface area (Å²) >= 11 is 0. The van der Waals surface area contributed by atoms with Gasteiger partial charge in [0.05, 0.1) is 23.5 Å². The Hall–Kier alpha value is -1.92. The summed E-state index contributed by atoms with van der Waals surface area (Å²) in [5, 5.41) is 8.98. The Labute approximate surface area is 117 Å². The van der Waals surface area contributed by atoms with Gasteiger partial charge in [0.25, 0.3) is 0 Å². The highest BCUT2D eigenvalue weighted by atomic mass is 31.2. The van der Waals surface area contributed by atoms with Crippen molar-refractivity contribution in [2.75, 3.05) is 6.61 Å². The number of hydrogen-bond donors (Lipinski definition) is 1. The van der Waals surface area contributed by atoms with E-state index in [0.717, 1.165) is 5.56 Å². The zero-order valence-electron chi connectivity index (χ0n) is 10.8. The first kappa shape index (κ1) is 14.5. The summed E-state index contributed by atoms with van der Waals surface area (Å²) in [4.78, 5) is 9.84. The first-order chi connectivity index (χ1) is 9.62. The van der Waals surface area contributed by atoms with Crippen molar-refractivity contribution in [2.24, 2.45) is 0 Å². The van der Waals surface area contributed by atoms with Gasteiger partial charge in [0.1, 0.15) is 0 Å². The van der Waals surface area contributed by atoms with E-state index in [-0.39, 0.29) is 6.61 Å². The lowest BCUT2D eigenvalue weighted by atomic mass is 10.1. The molecule has 2 rings (SSSR count). The molecule has 102 valence electrons. The fraction of sp³-hybridized carbons (Fsp3) is 0.133. The molecule has 0 radical (unpaired) electrons. The van der Waals surface area contributed by atoms with Crippen LogP contribution in [0.2, 0.25) is 0 Å². The smallest absolute Gasteiger partial charge is 0.321 e. The molecule has 20 heavy (non-hydrogen) atoms. The predicted octanol–water partition coefficient (Wildman–Crippen LogP) is 2.63.